The van der Waals surface area contributed by atoms with E-state index in [0.717, 1.165) is 37.8 Å². The van der Waals surface area contributed by atoms with Crippen LogP contribution in [0, 0.1) is 6.07 Å². The molecule has 0 atom stereocenters. The Bertz CT molecular complexity index is 1600. The average Bonchev–Trinajstić information content (AvgIpc) is 3.40. The van der Waals surface area contributed by atoms with Gasteiger partial charge in [-0.25, -0.2) is 8.42 Å². The smallest absolute Gasteiger partial charge is 0.249 e. The van der Waals surface area contributed by atoms with Crippen LogP contribution in [0.2, 0.25) is 0 Å². The van der Waals surface area contributed by atoms with Gasteiger partial charge in [-0.3, -0.25) is 4.79 Å². The van der Waals surface area contributed by atoms with Crippen molar-refractivity contribution in [2.75, 3.05) is 6.26 Å². The highest BCUT2D eigenvalue weighted by Gasteiger charge is 2.18. The minimum absolute atomic E-state index is 0.277. The Kier molecular flexibility index (Phi) is 4.87. The van der Waals surface area contributed by atoms with Crippen molar-refractivity contribution in [3.63, 3.8) is 0 Å². The fourth-order valence-electron chi connectivity index (χ4n) is 4.07. The molecule has 5 aromatic rings. The molecule has 32 heavy (non-hydrogen) atoms. The number of thiophene rings is 1. The lowest BCUT2D eigenvalue weighted by molar-refractivity contribution is 0.100. The Hall–Kier alpha value is -3.42. The Balaban J connectivity index is 1.78. The van der Waals surface area contributed by atoms with Crippen molar-refractivity contribution in [2.45, 2.75) is 11.4 Å². The van der Waals surface area contributed by atoms with E-state index >= 15 is 0 Å². The van der Waals surface area contributed by atoms with Gasteiger partial charge >= 0.3 is 0 Å². The number of primary amides is 1. The third kappa shape index (κ3) is 3.49. The van der Waals surface area contributed by atoms with Crippen LogP contribution < -0.4 is 5.73 Å². The van der Waals surface area contributed by atoms with Gasteiger partial charge in [-0.1, -0.05) is 24.3 Å². The minimum atomic E-state index is -3.32. The van der Waals surface area contributed by atoms with Crippen molar-refractivity contribution in [3.05, 3.63) is 89.3 Å². The average molecular weight is 460 g/mol. The van der Waals surface area contributed by atoms with Gasteiger partial charge < -0.3 is 10.3 Å². The molecule has 0 saturated heterocycles. The molecule has 0 saturated carbocycles. The van der Waals surface area contributed by atoms with Crippen LogP contribution >= 0.6 is 11.3 Å². The Morgan fingerprint density at radius 1 is 1.06 bits per heavy atom. The maximum absolute atomic E-state index is 12.2. The van der Waals surface area contributed by atoms with E-state index < -0.39 is 15.7 Å². The summed E-state index contributed by atoms with van der Waals surface area (Å²) >= 11 is 1.64. The summed E-state index contributed by atoms with van der Waals surface area (Å²) < 4.78 is 26.2. The van der Waals surface area contributed by atoms with E-state index in [1.807, 2.05) is 35.7 Å². The molecule has 2 N–H and O–H groups in total. The van der Waals surface area contributed by atoms with Gasteiger partial charge in [0.2, 0.25) is 5.91 Å². The Morgan fingerprint density at radius 3 is 2.59 bits per heavy atom. The highest BCUT2D eigenvalue weighted by atomic mass is 32.2. The molecule has 159 valence electrons. The SMILES string of the molecule is CS(=O)(=O)c1cccc(Cn2c3cc(-c4cccs4)c[c]c3c3c(C(N)=O)cccc32)c1. The standard InChI is InChI=1S/C25H19N2O3S2/c1-32(29,30)18-6-2-5-16(13-18)15-27-21-8-3-7-20(25(26)28)24(21)19-11-10-17(14-22(19)27)23-9-4-12-31-23/h2-10,12-14H,15H2,1H3,(H2,26,28). The fraction of sp³-hybridized carbons (Fsp3) is 0.0800. The summed E-state index contributed by atoms with van der Waals surface area (Å²) in [6.45, 7) is 0.438. The van der Waals surface area contributed by atoms with Crippen molar-refractivity contribution in [2.24, 2.45) is 5.73 Å². The summed E-state index contributed by atoms with van der Waals surface area (Å²) in [7, 11) is -3.32. The number of carbonyl (C=O) groups excluding carboxylic acids is 1. The second-order valence-electron chi connectivity index (χ2n) is 7.70. The van der Waals surface area contributed by atoms with Crippen LogP contribution in [0.3, 0.4) is 0 Å². The van der Waals surface area contributed by atoms with Crippen molar-refractivity contribution < 1.29 is 13.2 Å². The van der Waals surface area contributed by atoms with E-state index in [4.69, 9.17) is 5.73 Å². The van der Waals surface area contributed by atoms with Crippen LogP contribution in [0.25, 0.3) is 32.2 Å². The number of amides is 1. The molecule has 0 unspecified atom stereocenters. The third-order valence-electron chi connectivity index (χ3n) is 5.53. The second-order valence-corrected chi connectivity index (χ2v) is 10.7. The lowest BCUT2D eigenvalue weighted by Crippen LogP contribution is -2.11. The molecule has 0 aliphatic carbocycles. The van der Waals surface area contributed by atoms with Crippen LogP contribution in [-0.2, 0) is 16.4 Å². The number of benzene rings is 3. The predicted molar refractivity (Wildman–Crippen MR) is 129 cm³/mol. The second kappa shape index (κ2) is 7.62. The maximum atomic E-state index is 12.2. The first-order valence-corrected chi connectivity index (χ1v) is 12.7. The van der Waals surface area contributed by atoms with Gasteiger partial charge in [-0.2, -0.15) is 0 Å². The molecule has 2 aromatic heterocycles. The normalized spacial score (nSPS) is 11.9. The molecular formula is C25H19N2O3S2. The molecule has 0 aliphatic heterocycles. The predicted octanol–water partition coefficient (Wildman–Crippen LogP) is 4.87. The van der Waals surface area contributed by atoms with Gasteiger partial charge in [0.25, 0.3) is 0 Å². The van der Waals surface area contributed by atoms with Gasteiger partial charge in [0, 0.05) is 34.0 Å². The first-order chi connectivity index (χ1) is 15.3. The molecule has 5 nitrogen and oxygen atoms in total. The van der Waals surface area contributed by atoms with Crippen LogP contribution in [0.5, 0.6) is 0 Å². The molecule has 0 aliphatic rings. The van der Waals surface area contributed by atoms with Crippen molar-refractivity contribution >= 4 is 48.9 Å². The summed E-state index contributed by atoms with van der Waals surface area (Å²) in [6, 6.07) is 23.9. The van der Waals surface area contributed by atoms with Crippen molar-refractivity contribution in [1.82, 2.24) is 4.57 Å². The number of fused-ring (bicyclic) bond motifs is 3. The lowest BCUT2D eigenvalue weighted by Gasteiger charge is -2.10. The first kappa shape index (κ1) is 20.5. The zero-order valence-electron chi connectivity index (χ0n) is 17.2. The number of nitrogens with zero attached hydrogens (tertiary/aromatic N) is 1. The molecule has 0 spiro atoms. The summed E-state index contributed by atoms with van der Waals surface area (Å²) in [6.07, 6.45) is 1.20. The zero-order chi connectivity index (χ0) is 22.5. The molecule has 7 heteroatoms. The summed E-state index contributed by atoms with van der Waals surface area (Å²) in [4.78, 5) is 13.6. The van der Waals surface area contributed by atoms with E-state index in [-0.39, 0.29) is 4.90 Å². The zero-order valence-corrected chi connectivity index (χ0v) is 18.8. The van der Waals surface area contributed by atoms with E-state index in [0.29, 0.717) is 12.1 Å². The monoisotopic (exact) mass is 459 g/mol. The van der Waals surface area contributed by atoms with Crippen LogP contribution in [-0.4, -0.2) is 25.1 Å². The number of hydrogen-bond donors (Lipinski definition) is 1. The number of carbonyl (C=O) groups is 1. The number of sulfone groups is 1. The summed E-state index contributed by atoms with van der Waals surface area (Å²) in [5, 5.41) is 3.60. The van der Waals surface area contributed by atoms with E-state index in [2.05, 4.69) is 22.8 Å². The van der Waals surface area contributed by atoms with Gasteiger partial charge in [-0.15, -0.1) is 11.3 Å². The molecule has 2 heterocycles. The number of rotatable bonds is 5. The molecule has 1 radical (unpaired) electrons. The highest BCUT2D eigenvalue weighted by molar-refractivity contribution is 7.90. The number of nitrogens with two attached hydrogens (primary N) is 1. The van der Waals surface area contributed by atoms with Crippen molar-refractivity contribution in [3.8, 4) is 10.4 Å². The number of aromatic nitrogens is 1. The van der Waals surface area contributed by atoms with Gasteiger partial charge in [0.05, 0.1) is 15.9 Å². The first-order valence-electron chi connectivity index (χ1n) is 9.92. The molecule has 5 rings (SSSR count). The van der Waals surface area contributed by atoms with E-state index in [9.17, 15) is 13.2 Å². The van der Waals surface area contributed by atoms with Gasteiger partial charge in [-0.05, 0) is 65.0 Å². The van der Waals surface area contributed by atoms with Gasteiger partial charge in [0.15, 0.2) is 9.84 Å². The fourth-order valence-corrected chi connectivity index (χ4v) is 5.48. The van der Waals surface area contributed by atoms with Crippen molar-refractivity contribution in [1.29, 1.82) is 0 Å². The van der Waals surface area contributed by atoms with E-state index in [1.165, 1.54) is 6.26 Å². The molecule has 0 fully saturated rings. The summed E-state index contributed by atoms with van der Waals surface area (Å²) in [5.74, 6) is -0.496. The minimum Gasteiger partial charge on any atom is -0.366 e. The van der Waals surface area contributed by atoms with Crippen LogP contribution in [0.1, 0.15) is 15.9 Å². The van der Waals surface area contributed by atoms with Gasteiger partial charge in [0.1, 0.15) is 0 Å². The Labute approximate surface area is 189 Å². The highest BCUT2D eigenvalue weighted by Crippen LogP contribution is 2.35. The third-order valence-corrected chi connectivity index (χ3v) is 7.56. The van der Waals surface area contributed by atoms with Crippen LogP contribution in [0.15, 0.2) is 77.0 Å². The Morgan fingerprint density at radius 2 is 1.88 bits per heavy atom. The number of hydrogen-bond acceptors (Lipinski definition) is 4. The maximum Gasteiger partial charge on any atom is 0.249 e. The molecule has 1 amide bonds. The molecular weight excluding hydrogens is 440 g/mol. The molecule has 0 bridgehead atoms. The molecule has 3 aromatic carbocycles. The topological polar surface area (TPSA) is 82.2 Å². The van der Waals surface area contributed by atoms with E-state index in [1.54, 1.807) is 35.6 Å². The van der Waals surface area contributed by atoms with Crippen LogP contribution in [0.4, 0.5) is 0 Å². The summed E-state index contributed by atoms with van der Waals surface area (Å²) in [5.41, 5.74) is 9.75. The lowest BCUT2D eigenvalue weighted by atomic mass is 10.0. The largest absolute Gasteiger partial charge is 0.366 e. The quantitative estimate of drug-likeness (QED) is 0.407.